The van der Waals surface area contributed by atoms with E-state index >= 15 is 0 Å². The van der Waals surface area contributed by atoms with Crippen LogP contribution in [-0.4, -0.2) is 11.6 Å². The van der Waals surface area contributed by atoms with E-state index in [1.54, 1.807) is 12.5 Å². The van der Waals surface area contributed by atoms with Crippen molar-refractivity contribution in [3.63, 3.8) is 0 Å². The molecule has 1 aromatic rings. The second kappa shape index (κ2) is 4.01. The van der Waals surface area contributed by atoms with Gasteiger partial charge in [0.25, 0.3) is 0 Å². The van der Waals surface area contributed by atoms with Crippen LogP contribution in [0, 0.1) is 11.8 Å². The maximum Gasteiger partial charge on any atom is 0.309 e. The van der Waals surface area contributed by atoms with E-state index in [-0.39, 0.29) is 17.5 Å². The molecule has 1 aromatic heterocycles. The van der Waals surface area contributed by atoms with Crippen molar-refractivity contribution in [2.45, 2.75) is 38.7 Å². The molecule has 0 unspecified atom stereocenters. The van der Waals surface area contributed by atoms with Gasteiger partial charge in [-0.3, -0.25) is 4.79 Å². The van der Waals surface area contributed by atoms with E-state index in [4.69, 9.17) is 9.15 Å². The van der Waals surface area contributed by atoms with Crippen LogP contribution < -0.4 is 0 Å². The molecule has 2 aliphatic rings. The number of carbonyl (C=O) groups excluding carboxylic acids is 1. The Bertz CT molecular complexity index is 486. The van der Waals surface area contributed by atoms with Crippen LogP contribution in [0.15, 0.2) is 29.1 Å². The average molecular weight is 246 g/mol. The number of carbonyl (C=O) groups is 1. The Kier molecular flexibility index (Phi) is 2.58. The van der Waals surface area contributed by atoms with Crippen molar-refractivity contribution in [3.8, 4) is 0 Å². The van der Waals surface area contributed by atoms with Crippen LogP contribution in [0.3, 0.4) is 0 Å². The van der Waals surface area contributed by atoms with E-state index in [0.717, 1.165) is 24.8 Å². The summed E-state index contributed by atoms with van der Waals surface area (Å²) in [6, 6.07) is 1.97. The van der Waals surface area contributed by atoms with E-state index in [9.17, 15) is 4.79 Å². The first kappa shape index (κ1) is 11.6. The molecule has 2 heterocycles. The summed E-state index contributed by atoms with van der Waals surface area (Å²) in [5.74, 6) is 0.474. The van der Waals surface area contributed by atoms with Crippen molar-refractivity contribution >= 4 is 11.5 Å². The number of ether oxygens (including phenoxy) is 1. The molecular formula is C15H18O3. The molecule has 1 fully saturated rings. The highest BCUT2D eigenvalue weighted by Crippen LogP contribution is 2.45. The Morgan fingerprint density at radius 2 is 2.17 bits per heavy atom. The van der Waals surface area contributed by atoms with Gasteiger partial charge < -0.3 is 9.15 Å². The van der Waals surface area contributed by atoms with Gasteiger partial charge in [0, 0.05) is 12.0 Å². The van der Waals surface area contributed by atoms with Crippen LogP contribution >= 0.6 is 0 Å². The Morgan fingerprint density at radius 3 is 2.78 bits per heavy atom. The summed E-state index contributed by atoms with van der Waals surface area (Å²) in [7, 11) is 0. The molecule has 0 saturated carbocycles. The standard InChI is InChI=1S/C15H18O3/c1-10-5-13(12-3-4-17-9-12)8-15(6-10)7-11(2)14(16)18-15/h3-4,8-11H,5-7H2,1-2H3/t10-,11-,15-/m1/s1. The van der Waals surface area contributed by atoms with Crippen molar-refractivity contribution in [3.05, 3.63) is 30.2 Å². The Labute approximate surface area is 107 Å². The maximum absolute atomic E-state index is 11.7. The molecule has 3 heteroatoms. The summed E-state index contributed by atoms with van der Waals surface area (Å²) in [5, 5.41) is 0. The molecule has 96 valence electrons. The topological polar surface area (TPSA) is 39.4 Å². The van der Waals surface area contributed by atoms with Gasteiger partial charge in [-0.25, -0.2) is 0 Å². The molecule has 0 radical (unpaired) electrons. The summed E-state index contributed by atoms with van der Waals surface area (Å²) in [5.41, 5.74) is 1.97. The van der Waals surface area contributed by atoms with Crippen molar-refractivity contribution in [2.75, 3.05) is 0 Å². The smallest absolute Gasteiger partial charge is 0.309 e. The summed E-state index contributed by atoms with van der Waals surface area (Å²) in [6.07, 6.45) is 8.36. The minimum atomic E-state index is -0.374. The number of hydrogen-bond donors (Lipinski definition) is 0. The van der Waals surface area contributed by atoms with Crippen LogP contribution in [0.2, 0.25) is 0 Å². The lowest BCUT2D eigenvalue weighted by Gasteiger charge is -2.33. The van der Waals surface area contributed by atoms with Gasteiger partial charge in [0.15, 0.2) is 0 Å². The maximum atomic E-state index is 11.7. The summed E-state index contributed by atoms with van der Waals surface area (Å²) in [4.78, 5) is 11.7. The predicted molar refractivity (Wildman–Crippen MR) is 67.7 cm³/mol. The van der Waals surface area contributed by atoms with Crippen LogP contribution in [0.1, 0.15) is 38.7 Å². The molecule has 0 N–H and O–H groups in total. The Hall–Kier alpha value is -1.51. The van der Waals surface area contributed by atoms with Crippen LogP contribution in [0.4, 0.5) is 0 Å². The van der Waals surface area contributed by atoms with Gasteiger partial charge in [0.2, 0.25) is 0 Å². The normalized spacial score (nSPS) is 35.7. The van der Waals surface area contributed by atoms with E-state index in [1.807, 2.05) is 13.0 Å². The van der Waals surface area contributed by atoms with Gasteiger partial charge in [-0.05, 0) is 36.5 Å². The van der Waals surface area contributed by atoms with Gasteiger partial charge in [0.1, 0.15) is 5.60 Å². The van der Waals surface area contributed by atoms with Crippen molar-refractivity contribution < 1.29 is 13.9 Å². The zero-order valence-corrected chi connectivity index (χ0v) is 10.8. The molecule has 3 nitrogen and oxygen atoms in total. The molecule has 1 saturated heterocycles. The first-order valence-corrected chi connectivity index (χ1v) is 6.55. The van der Waals surface area contributed by atoms with Gasteiger partial charge in [-0.1, -0.05) is 13.8 Å². The molecule has 3 atom stereocenters. The fourth-order valence-electron chi connectivity index (χ4n) is 3.28. The van der Waals surface area contributed by atoms with Gasteiger partial charge in [-0.2, -0.15) is 0 Å². The second-order valence-corrected chi connectivity index (χ2v) is 5.79. The minimum absolute atomic E-state index is 0.0112. The minimum Gasteiger partial charge on any atom is -0.472 e. The average Bonchev–Trinajstić information content (AvgIpc) is 2.87. The van der Waals surface area contributed by atoms with E-state index in [1.165, 1.54) is 5.57 Å². The Balaban J connectivity index is 1.96. The highest BCUT2D eigenvalue weighted by atomic mass is 16.6. The summed E-state index contributed by atoms with van der Waals surface area (Å²) in [6.45, 7) is 4.16. The zero-order chi connectivity index (χ0) is 12.8. The molecular weight excluding hydrogens is 228 g/mol. The lowest BCUT2D eigenvalue weighted by molar-refractivity contribution is -0.148. The summed E-state index contributed by atoms with van der Waals surface area (Å²) >= 11 is 0. The highest BCUT2D eigenvalue weighted by molar-refractivity contribution is 5.77. The van der Waals surface area contributed by atoms with Crippen LogP contribution in [-0.2, 0) is 9.53 Å². The predicted octanol–water partition coefficient (Wildman–Crippen LogP) is 3.41. The third-order valence-electron chi connectivity index (χ3n) is 3.95. The number of allylic oxidation sites excluding steroid dienone is 1. The highest BCUT2D eigenvalue weighted by Gasteiger charge is 2.46. The SMILES string of the molecule is C[C@@H]1CC(c2ccoc2)=C[C@@]2(C1)C[C@@H](C)C(=O)O2. The monoisotopic (exact) mass is 246 g/mol. The zero-order valence-electron chi connectivity index (χ0n) is 10.8. The van der Waals surface area contributed by atoms with Crippen molar-refractivity contribution in [2.24, 2.45) is 11.8 Å². The van der Waals surface area contributed by atoms with Crippen LogP contribution in [0.25, 0.3) is 5.57 Å². The molecule has 0 amide bonds. The fourth-order valence-corrected chi connectivity index (χ4v) is 3.28. The molecule has 1 aliphatic carbocycles. The van der Waals surface area contributed by atoms with Gasteiger partial charge in [-0.15, -0.1) is 0 Å². The third kappa shape index (κ3) is 1.88. The molecule has 18 heavy (non-hydrogen) atoms. The number of rotatable bonds is 1. The molecule has 3 rings (SSSR count). The van der Waals surface area contributed by atoms with Crippen molar-refractivity contribution in [1.82, 2.24) is 0 Å². The van der Waals surface area contributed by atoms with Crippen molar-refractivity contribution in [1.29, 1.82) is 0 Å². The number of esters is 1. The number of hydrogen-bond acceptors (Lipinski definition) is 3. The van der Waals surface area contributed by atoms with Gasteiger partial charge >= 0.3 is 5.97 Å². The first-order chi connectivity index (χ1) is 8.58. The molecule has 1 aliphatic heterocycles. The summed E-state index contributed by atoms with van der Waals surface area (Å²) < 4.78 is 10.8. The fraction of sp³-hybridized carbons (Fsp3) is 0.533. The molecule has 0 bridgehead atoms. The first-order valence-electron chi connectivity index (χ1n) is 6.55. The lowest BCUT2D eigenvalue weighted by atomic mass is 9.76. The molecule has 0 aromatic carbocycles. The lowest BCUT2D eigenvalue weighted by Crippen LogP contribution is -2.32. The van der Waals surface area contributed by atoms with E-state index in [0.29, 0.717) is 5.92 Å². The Morgan fingerprint density at radius 1 is 1.33 bits per heavy atom. The van der Waals surface area contributed by atoms with E-state index < -0.39 is 0 Å². The second-order valence-electron chi connectivity index (χ2n) is 5.79. The third-order valence-corrected chi connectivity index (χ3v) is 3.95. The molecule has 1 spiro atoms. The number of furan rings is 1. The van der Waals surface area contributed by atoms with Crippen LogP contribution in [0.5, 0.6) is 0 Å². The quantitative estimate of drug-likeness (QED) is 0.713. The largest absolute Gasteiger partial charge is 0.472 e. The van der Waals surface area contributed by atoms with E-state index in [2.05, 4.69) is 13.0 Å². The van der Waals surface area contributed by atoms with Gasteiger partial charge in [0.05, 0.1) is 18.4 Å².